The predicted octanol–water partition coefficient (Wildman–Crippen LogP) is 5.45. The molecular weight excluding hydrogens is 611 g/mol. The minimum absolute atomic E-state index is 0.0783. The maximum atomic E-state index is 14.2. The Morgan fingerprint density at radius 1 is 0.978 bits per heavy atom. The number of anilines is 3. The van der Waals surface area contributed by atoms with E-state index in [0.717, 1.165) is 49.5 Å². The van der Waals surface area contributed by atoms with E-state index < -0.39 is 21.7 Å². The largest absolute Gasteiger partial charge is 0.439 e. The van der Waals surface area contributed by atoms with E-state index in [1.165, 1.54) is 19.2 Å². The van der Waals surface area contributed by atoms with E-state index in [2.05, 4.69) is 25.2 Å². The average molecular weight is 647 g/mol. The van der Waals surface area contributed by atoms with Crippen LogP contribution in [-0.4, -0.2) is 62.7 Å². The molecule has 0 bridgehead atoms. The Hall–Kier alpha value is -5.01. The van der Waals surface area contributed by atoms with Crippen LogP contribution in [0.4, 0.5) is 26.2 Å². The van der Waals surface area contributed by atoms with Crippen molar-refractivity contribution in [2.75, 3.05) is 41.3 Å². The Bertz CT molecular complexity index is 1760. The topological polar surface area (TPSA) is 133 Å². The number of rotatable bonds is 10. The van der Waals surface area contributed by atoms with Gasteiger partial charge >= 0.3 is 6.03 Å². The predicted molar refractivity (Wildman–Crippen MR) is 175 cm³/mol. The minimum atomic E-state index is -3.36. The highest BCUT2D eigenvalue weighted by Crippen LogP contribution is 2.27. The first-order chi connectivity index (χ1) is 22.1. The lowest BCUT2D eigenvalue weighted by molar-refractivity contribution is 0.0959. The van der Waals surface area contributed by atoms with Crippen LogP contribution in [0.5, 0.6) is 11.6 Å². The first-order valence-electron chi connectivity index (χ1n) is 14.7. The molecule has 5 rings (SSSR count). The van der Waals surface area contributed by atoms with Crippen molar-refractivity contribution >= 4 is 39.0 Å². The molecule has 11 nitrogen and oxygen atoms in total. The second kappa shape index (κ2) is 14.4. The molecule has 4 aromatic rings. The summed E-state index contributed by atoms with van der Waals surface area (Å²) in [5.74, 6) is -0.300. The maximum absolute atomic E-state index is 14.2. The van der Waals surface area contributed by atoms with Gasteiger partial charge in [-0.25, -0.2) is 22.6 Å². The summed E-state index contributed by atoms with van der Waals surface area (Å²) in [6, 6.07) is 23.2. The lowest BCUT2D eigenvalue weighted by Gasteiger charge is -2.38. The molecule has 1 aliphatic heterocycles. The normalized spacial score (nSPS) is 13.9. The zero-order chi connectivity index (χ0) is 32.7. The molecule has 0 atom stereocenters. The third kappa shape index (κ3) is 8.58. The molecule has 46 heavy (non-hydrogen) atoms. The summed E-state index contributed by atoms with van der Waals surface area (Å²) >= 11 is 0. The first-order valence-corrected chi connectivity index (χ1v) is 16.6. The van der Waals surface area contributed by atoms with Gasteiger partial charge in [-0.05, 0) is 73.0 Å². The summed E-state index contributed by atoms with van der Waals surface area (Å²) in [4.78, 5) is 34.1. The lowest BCUT2D eigenvalue weighted by Crippen LogP contribution is -2.49. The molecule has 2 heterocycles. The zero-order valence-electron chi connectivity index (χ0n) is 25.4. The van der Waals surface area contributed by atoms with Crippen molar-refractivity contribution in [2.45, 2.75) is 25.4 Å². The number of carbonyl (C=O) groups excluding carboxylic acids is 2. The Morgan fingerprint density at radius 3 is 2.30 bits per heavy atom. The van der Waals surface area contributed by atoms with Crippen molar-refractivity contribution in [1.82, 2.24) is 15.2 Å². The van der Waals surface area contributed by atoms with Crippen molar-refractivity contribution < 1.29 is 27.1 Å². The number of ether oxygens (including phenoxy) is 1. The summed E-state index contributed by atoms with van der Waals surface area (Å²) in [6.45, 7) is 2.19. The number of nitrogens with zero attached hydrogens (tertiary/aromatic N) is 3. The molecule has 1 saturated heterocycles. The molecule has 240 valence electrons. The quantitative estimate of drug-likeness (QED) is 0.209. The van der Waals surface area contributed by atoms with E-state index in [9.17, 15) is 22.4 Å². The second-order valence-electron chi connectivity index (χ2n) is 10.9. The number of likely N-dealkylation sites (tertiary alicyclic amines) is 1. The van der Waals surface area contributed by atoms with Gasteiger partial charge in [-0.1, -0.05) is 24.3 Å². The summed E-state index contributed by atoms with van der Waals surface area (Å²) in [7, 11) is -1.94. The van der Waals surface area contributed by atoms with Gasteiger partial charge in [-0.2, -0.15) is 0 Å². The number of nitrogens with one attached hydrogen (secondary N) is 3. The van der Waals surface area contributed by atoms with Crippen LogP contribution in [0.2, 0.25) is 0 Å². The molecule has 1 aromatic heterocycles. The number of hydrogen-bond acceptors (Lipinski definition) is 7. The average Bonchev–Trinajstić information content (AvgIpc) is 3.04. The van der Waals surface area contributed by atoms with Crippen LogP contribution >= 0.6 is 0 Å². The highest BCUT2D eigenvalue weighted by Gasteiger charge is 2.29. The number of carbonyl (C=O) groups is 2. The third-order valence-corrected chi connectivity index (χ3v) is 8.05. The molecule has 1 aliphatic rings. The fourth-order valence-electron chi connectivity index (χ4n) is 5.26. The molecule has 3 aromatic carbocycles. The van der Waals surface area contributed by atoms with Crippen LogP contribution in [0.15, 0.2) is 91.1 Å². The van der Waals surface area contributed by atoms with Crippen molar-refractivity contribution in [3.8, 4) is 11.6 Å². The van der Waals surface area contributed by atoms with E-state index in [1.807, 2.05) is 36.4 Å². The van der Waals surface area contributed by atoms with Crippen molar-refractivity contribution in [3.63, 3.8) is 0 Å². The molecular formula is C33H35FN6O5S. The Morgan fingerprint density at radius 2 is 1.67 bits per heavy atom. The van der Waals surface area contributed by atoms with Gasteiger partial charge in [-0.15, -0.1) is 0 Å². The molecule has 13 heteroatoms. The van der Waals surface area contributed by atoms with Gasteiger partial charge in [0, 0.05) is 62.0 Å². The zero-order valence-corrected chi connectivity index (χ0v) is 26.3. The summed E-state index contributed by atoms with van der Waals surface area (Å²) in [5.41, 5.74) is 2.38. The van der Waals surface area contributed by atoms with E-state index in [1.54, 1.807) is 41.4 Å². The summed E-state index contributed by atoms with van der Waals surface area (Å²) < 4.78 is 45.2. The number of aromatic nitrogens is 1. The Balaban J connectivity index is 1.19. The fourth-order valence-corrected chi connectivity index (χ4v) is 5.83. The monoisotopic (exact) mass is 646 g/mol. The van der Waals surface area contributed by atoms with Gasteiger partial charge in [0.25, 0.3) is 5.91 Å². The second-order valence-corrected chi connectivity index (χ2v) is 12.7. The van der Waals surface area contributed by atoms with Crippen molar-refractivity contribution in [1.29, 1.82) is 0 Å². The van der Waals surface area contributed by atoms with E-state index in [-0.39, 0.29) is 17.6 Å². The highest BCUT2D eigenvalue weighted by molar-refractivity contribution is 7.92. The summed E-state index contributed by atoms with van der Waals surface area (Å²) in [6.07, 6.45) is 4.32. The van der Waals surface area contributed by atoms with E-state index in [0.29, 0.717) is 29.5 Å². The number of benzene rings is 3. The smallest absolute Gasteiger partial charge is 0.326 e. The molecule has 1 fully saturated rings. The third-order valence-electron chi connectivity index (χ3n) is 7.45. The van der Waals surface area contributed by atoms with Crippen LogP contribution in [-0.2, 0) is 16.6 Å². The Labute approximate surface area is 267 Å². The maximum Gasteiger partial charge on any atom is 0.326 e. The summed E-state index contributed by atoms with van der Waals surface area (Å²) in [5, 5.41) is 5.26. The van der Waals surface area contributed by atoms with Gasteiger partial charge in [0.05, 0.1) is 11.8 Å². The lowest BCUT2D eigenvalue weighted by atomic mass is 10.0. The number of para-hydroxylation sites is 1. The number of pyridine rings is 1. The van der Waals surface area contributed by atoms with Crippen molar-refractivity contribution in [3.05, 3.63) is 108 Å². The number of halogens is 1. The SMILES string of the molecule is CNC(=O)c1cc(NC(=O)N(c2ccccc2)C2CCN(Cc3ccc(Oc4ccc(NS(C)(=O)=O)cc4)nc3)CC2)ccc1F. The minimum Gasteiger partial charge on any atom is -0.439 e. The first kappa shape index (κ1) is 32.4. The van der Waals surface area contributed by atoms with Crippen LogP contribution < -0.4 is 25.0 Å². The highest BCUT2D eigenvalue weighted by atomic mass is 32.2. The van der Waals surface area contributed by atoms with Crippen LogP contribution in [0.1, 0.15) is 28.8 Å². The standard InChI is InChI=1S/C33H35FN6O5S/c1-35-32(41)29-20-25(11-14-30(29)34)37-33(42)40(26-6-4-3-5-7-26)27-16-18-39(19-17-27)22-23-8-15-31(36-21-23)45-28-12-9-24(10-13-28)38-46(2,43)44/h3-15,20-21,27,38H,16-19,22H2,1-2H3,(H,35,41)(H,37,42). The molecule has 0 spiro atoms. The van der Waals surface area contributed by atoms with E-state index >= 15 is 0 Å². The van der Waals surface area contributed by atoms with Crippen molar-refractivity contribution in [2.24, 2.45) is 0 Å². The molecule has 0 radical (unpaired) electrons. The number of amides is 3. The number of piperidine rings is 1. The molecule has 3 N–H and O–H groups in total. The van der Waals surface area contributed by atoms with Gasteiger partial charge in [0.15, 0.2) is 0 Å². The van der Waals surface area contributed by atoms with Crippen LogP contribution in [0, 0.1) is 5.82 Å². The number of hydrogen-bond donors (Lipinski definition) is 3. The number of urea groups is 1. The van der Waals surface area contributed by atoms with E-state index in [4.69, 9.17) is 4.74 Å². The van der Waals surface area contributed by atoms with Gasteiger partial charge in [0.1, 0.15) is 11.6 Å². The molecule has 0 aliphatic carbocycles. The van der Waals surface area contributed by atoms with Crippen LogP contribution in [0.25, 0.3) is 0 Å². The van der Waals surface area contributed by atoms with Gasteiger partial charge < -0.3 is 15.4 Å². The molecule has 0 saturated carbocycles. The van der Waals surface area contributed by atoms with Gasteiger partial charge in [0.2, 0.25) is 15.9 Å². The fraction of sp³-hybridized carbons (Fsp3) is 0.242. The van der Waals surface area contributed by atoms with Crippen LogP contribution in [0.3, 0.4) is 0 Å². The molecule has 0 unspecified atom stereocenters. The van der Waals surface area contributed by atoms with Gasteiger partial charge in [-0.3, -0.25) is 19.3 Å². The Kier molecular flexibility index (Phi) is 10.1. The number of sulfonamides is 1. The molecule has 3 amide bonds.